The second-order valence-corrected chi connectivity index (χ2v) is 5.28. The molecule has 2 aliphatic heterocycles. The Balaban J connectivity index is 1.95. The van der Waals surface area contributed by atoms with E-state index < -0.39 is 11.2 Å². The Morgan fingerprint density at radius 1 is 1.32 bits per heavy atom. The third kappa shape index (κ3) is 1.99. The van der Waals surface area contributed by atoms with Crippen molar-refractivity contribution in [3.05, 3.63) is 32.6 Å². The molecule has 1 aromatic rings. The number of nitrogens with zero attached hydrogens (tertiary/aromatic N) is 1. The summed E-state index contributed by atoms with van der Waals surface area (Å²) in [6, 6.07) is 1.43. The minimum absolute atomic E-state index is 0.0631. The van der Waals surface area contributed by atoms with Crippen LogP contribution in [0, 0.1) is 5.92 Å². The first-order valence-corrected chi connectivity index (χ1v) is 6.43. The number of aromatic nitrogens is 2. The zero-order chi connectivity index (χ0) is 13.6. The second-order valence-electron chi connectivity index (χ2n) is 5.28. The number of nitrogens with one attached hydrogen (secondary N) is 3. The Hall–Kier alpha value is -1.89. The molecule has 1 amide bonds. The molecule has 3 atom stereocenters. The van der Waals surface area contributed by atoms with E-state index in [1.807, 2.05) is 6.92 Å². The molecule has 0 aromatic carbocycles. The van der Waals surface area contributed by atoms with Crippen molar-refractivity contribution in [1.29, 1.82) is 0 Å². The average Bonchev–Trinajstić information content (AvgIpc) is 2.86. The van der Waals surface area contributed by atoms with E-state index in [0.29, 0.717) is 5.92 Å². The predicted molar refractivity (Wildman–Crippen MR) is 68.1 cm³/mol. The number of amides is 1. The largest absolute Gasteiger partial charge is 0.330 e. The molecule has 0 bridgehead atoms. The molecule has 19 heavy (non-hydrogen) atoms. The molecule has 3 rings (SSSR count). The zero-order valence-corrected chi connectivity index (χ0v) is 10.6. The molecule has 2 saturated heterocycles. The molecule has 3 unspecified atom stereocenters. The highest BCUT2D eigenvalue weighted by Crippen LogP contribution is 2.32. The lowest BCUT2D eigenvalue weighted by Crippen LogP contribution is -2.44. The Morgan fingerprint density at radius 2 is 2.11 bits per heavy atom. The molecule has 3 N–H and O–H groups in total. The van der Waals surface area contributed by atoms with Gasteiger partial charge in [0, 0.05) is 31.2 Å². The Labute approximate surface area is 109 Å². The summed E-state index contributed by atoms with van der Waals surface area (Å²) in [5.74, 6) is 0.194. The molecule has 7 nitrogen and oxygen atoms in total. The van der Waals surface area contributed by atoms with Crippen LogP contribution in [-0.4, -0.2) is 45.9 Å². The highest BCUT2D eigenvalue weighted by molar-refractivity contribution is 5.92. The molecule has 2 fully saturated rings. The Kier molecular flexibility index (Phi) is 2.78. The quantitative estimate of drug-likeness (QED) is 0.599. The smallest absolute Gasteiger partial charge is 0.326 e. The van der Waals surface area contributed by atoms with Crippen LogP contribution in [0.4, 0.5) is 0 Å². The van der Waals surface area contributed by atoms with Crippen molar-refractivity contribution in [2.45, 2.75) is 25.4 Å². The van der Waals surface area contributed by atoms with Crippen LogP contribution in [-0.2, 0) is 0 Å². The highest BCUT2D eigenvalue weighted by atomic mass is 16.2. The van der Waals surface area contributed by atoms with Gasteiger partial charge in [0.15, 0.2) is 0 Å². The summed E-state index contributed by atoms with van der Waals surface area (Å²) >= 11 is 0. The first-order valence-electron chi connectivity index (χ1n) is 6.43. The number of likely N-dealkylation sites (tertiary alicyclic amines) is 1. The normalized spacial score (nSPS) is 29.5. The first-order chi connectivity index (χ1) is 9.06. The lowest BCUT2D eigenvalue weighted by molar-refractivity contribution is 0.0675. The molecular formula is C12H16N4O3. The van der Waals surface area contributed by atoms with Gasteiger partial charge >= 0.3 is 5.69 Å². The molecule has 7 heteroatoms. The number of H-pyrrole nitrogens is 2. The van der Waals surface area contributed by atoms with Crippen LogP contribution in [0.5, 0.6) is 0 Å². The van der Waals surface area contributed by atoms with Gasteiger partial charge in [0.05, 0.1) is 0 Å². The van der Waals surface area contributed by atoms with Gasteiger partial charge in [-0.3, -0.25) is 14.6 Å². The van der Waals surface area contributed by atoms with Crippen LogP contribution < -0.4 is 16.6 Å². The average molecular weight is 264 g/mol. The van der Waals surface area contributed by atoms with E-state index in [1.165, 1.54) is 0 Å². The molecule has 1 aromatic heterocycles. The van der Waals surface area contributed by atoms with Crippen LogP contribution in [0.15, 0.2) is 15.7 Å². The fraction of sp³-hybridized carbons (Fsp3) is 0.583. The maximum absolute atomic E-state index is 12.5. The Morgan fingerprint density at radius 3 is 2.84 bits per heavy atom. The number of carbonyl (C=O) groups excluding carboxylic acids is 1. The number of hydrogen-bond donors (Lipinski definition) is 3. The summed E-state index contributed by atoms with van der Waals surface area (Å²) in [6.07, 6.45) is 0.955. The molecule has 0 saturated carbocycles. The summed E-state index contributed by atoms with van der Waals surface area (Å²) in [7, 11) is 0. The summed E-state index contributed by atoms with van der Waals surface area (Å²) in [6.45, 7) is 3.69. The van der Waals surface area contributed by atoms with Gasteiger partial charge in [0.2, 0.25) is 0 Å². The van der Waals surface area contributed by atoms with Crippen molar-refractivity contribution in [2.75, 3.05) is 13.1 Å². The van der Waals surface area contributed by atoms with Gasteiger partial charge in [-0.25, -0.2) is 4.79 Å². The van der Waals surface area contributed by atoms with Crippen LogP contribution in [0.3, 0.4) is 0 Å². The van der Waals surface area contributed by atoms with E-state index in [0.717, 1.165) is 25.6 Å². The van der Waals surface area contributed by atoms with E-state index in [4.69, 9.17) is 0 Å². The van der Waals surface area contributed by atoms with E-state index in [2.05, 4.69) is 15.3 Å². The molecule has 0 spiro atoms. The summed E-state index contributed by atoms with van der Waals surface area (Å²) in [5, 5.41) is 3.27. The van der Waals surface area contributed by atoms with E-state index >= 15 is 0 Å². The zero-order valence-electron chi connectivity index (χ0n) is 10.6. The number of fused-ring (bicyclic) bond motifs is 1. The minimum Gasteiger partial charge on any atom is -0.330 e. The van der Waals surface area contributed by atoms with Gasteiger partial charge in [0.1, 0.15) is 5.69 Å². The Bertz CT molecular complexity index is 592. The van der Waals surface area contributed by atoms with Crippen molar-refractivity contribution in [2.24, 2.45) is 5.92 Å². The fourth-order valence-electron chi connectivity index (χ4n) is 3.24. The monoisotopic (exact) mass is 264 g/mol. The van der Waals surface area contributed by atoms with Crippen LogP contribution in [0.2, 0.25) is 0 Å². The van der Waals surface area contributed by atoms with Crippen LogP contribution in [0.1, 0.15) is 23.8 Å². The molecule has 3 heterocycles. The standard InChI is InChI=1S/C12H16N4O3/c1-6-2-7-4-13-5-9(7)16(6)11(18)8-3-10(17)15-12(19)14-8/h3,6-7,9,13H,2,4-5H2,1H3,(H2,14,15,17,19). The lowest BCUT2D eigenvalue weighted by Gasteiger charge is -2.27. The second kappa shape index (κ2) is 4.34. The van der Waals surface area contributed by atoms with Crippen molar-refractivity contribution < 1.29 is 4.79 Å². The van der Waals surface area contributed by atoms with E-state index in [1.54, 1.807) is 4.90 Å². The van der Waals surface area contributed by atoms with E-state index in [9.17, 15) is 14.4 Å². The lowest BCUT2D eigenvalue weighted by atomic mass is 10.0. The fourth-order valence-corrected chi connectivity index (χ4v) is 3.24. The summed E-state index contributed by atoms with van der Waals surface area (Å²) in [5.41, 5.74) is -1.14. The number of hydrogen-bond acceptors (Lipinski definition) is 4. The van der Waals surface area contributed by atoms with Crippen LogP contribution >= 0.6 is 0 Å². The molecule has 0 radical (unpaired) electrons. The molecule has 102 valence electrons. The molecule has 2 aliphatic rings. The SMILES string of the molecule is CC1CC2CNCC2N1C(=O)c1cc(=O)[nH]c(=O)[nH]1. The molecular weight excluding hydrogens is 248 g/mol. The number of aromatic amines is 2. The topological polar surface area (TPSA) is 98.1 Å². The number of carbonyl (C=O) groups is 1. The van der Waals surface area contributed by atoms with Gasteiger partial charge in [-0.05, 0) is 19.3 Å². The summed E-state index contributed by atoms with van der Waals surface area (Å²) < 4.78 is 0. The van der Waals surface area contributed by atoms with Gasteiger partial charge < -0.3 is 15.2 Å². The maximum atomic E-state index is 12.5. The first kappa shape index (κ1) is 12.2. The third-order valence-corrected chi connectivity index (χ3v) is 4.01. The summed E-state index contributed by atoms with van der Waals surface area (Å²) in [4.78, 5) is 41.3. The van der Waals surface area contributed by atoms with Gasteiger partial charge in [0.25, 0.3) is 11.5 Å². The third-order valence-electron chi connectivity index (χ3n) is 4.01. The van der Waals surface area contributed by atoms with Crippen molar-refractivity contribution in [1.82, 2.24) is 20.2 Å². The highest BCUT2D eigenvalue weighted by Gasteiger charge is 2.44. The van der Waals surface area contributed by atoms with Gasteiger partial charge in [-0.1, -0.05) is 0 Å². The van der Waals surface area contributed by atoms with Crippen molar-refractivity contribution in [3.63, 3.8) is 0 Å². The van der Waals surface area contributed by atoms with Gasteiger partial charge in [-0.15, -0.1) is 0 Å². The van der Waals surface area contributed by atoms with Gasteiger partial charge in [-0.2, -0.15) is 0 Å². The van der Waals surface area contributed by atoms with Crippen molar-refractivity contribution in [3.8, 4) is 0 Å². The minimum atomic E-state index is -0.649. The molecule has 0 aliphatic carbocycles. The van der Waals surface area contributed by atoms with Crippen LogP contribution in [0.25, 0.3) is 0 Å². The van der Waals surface area contributed by atoms with E-state index in [-0.39, 0.29) is 23.7 Å². The number of rotatable bonds is 1. The van der Waals surface area contributed by atoms with Crippen molar-refractivity contribution >= 4 is 5.91 Å². The maximum Gasteiger partial charge on any atom is 0.326 e. The predicted octanol–water partition coefficient (Wildman–Crippen LogP) is -1.11.